The largest absolute Gasteiger partial charge is 0.476 e. The first-order valence-electron chi connectivity index (χ1n) is 5.19. The number of aromatic carboxylic acids is 1. The third kappa shape index (κ3) is 2.79. The van der Waals surface area contributed by atoms with E-state index in [0.29, 0.717) is 6.54 Å². The number of rotatable bonds is 4. The van der Waals surface area contributed by atoms with Crippen LogP contribution < -0.4 is 5.32 Å². The van der Waals surface area contributed by atoms with Crippen molar-refractivity contribution >= 4 is 11.8 Å². The van der Waals surface area contributed by atoms with Crippen molar-refractivity contribution in [1.29, 1.82) is 0 Å². The molecular weight excluding hydrogens is 237 g/mol. The predicted octanol–water partition coefficient (Wildman–Crippen LogP) is 1.93. The van der Waals surface area contributed by atoms with Crippen LogP contribution in [0.5, 0.6) is 0 Å². The Bertz CT molecular complexity index is 558. The van der Waals surface area contributed by atoms with Gasteiger partial charge in [0.15, 0.2) is 11.5 Å². The number of hydrogen-bond donors (Lipinski definition) is 2. The van der Waals surface area contributed by atoms with Gasteiger partial charge in [-0.3, -0.25) is 0 Å². The first-order chi connectivity index (χ1) is 8.66. The van der Waals surface area contributed by atoms with Crippen LogP contribution in [0.25, 0.3) is 0 Å². The van der Waals surface area contributed by atoms with Gasteiger partial charge in [0, 0.05) is 18.9 Å². The summed E-state index contributed by atoms with van der Waals surface area (Å²) in [5.74, 6) is -1.27. The van der Waals surface area contributed by atoms with Crippen LogP contribution in [0.1, 0.15) is 16.1 Å². The summed E-state index contributed by atoms with van der Waals surface area (Å²) in [6, 6.07) is 5.90. The molecule has 2 N–H and O–H groups in total. The normalized spacial score (nSPS) is 10.1. The zero-order valence-corrected chi connectivity index (χ0v) is 9.30. The molecule has 1 aromatic carbocycles. The summed E-state index contributed by atoms with van der Waals surface area (Å²) in [4.78, 5) is 18.5. The molecule has 6 heteroatoms. The third-order valence-electron chi connectivity index (χ3n) is 2.27. The number of halogens is 1. The van der Waals surface area contributed by atoms with Gasteiger partial charge in [0.25, 0.3) is 0 Å². The average Bonchev–Trinajstić information content (AvgIpc) is 2.38. The van der Waals surface area contributed by atoms with Crippen LogP contribution >= 0.6 is 0 Å². The molecule has 0 radical (unpaired) electrons. The van der Waals surface area contributed by atoms with Crippen molar-refractivity contribution < 1.29 is 14.3 Å². The molecule has 0 saturated heterocycles. The molecule has 5 nitrogen and oxygen atoms in total. The summed E-state index contributed by atoms with van der Waals surface area (Å²) < 4.78 is 12.7. The van der Waals surface area contributed by atoms with E-state index in [1.807, 2.05) is 0 Å². The third-order valence-corrected chi connectivity index (χ3v) is 2.27. The van der Waals surface area contributed by atoms with E-state index in [0.717, 1.165) is 5.56 Å². The second-order valence-electron chi connectivity index (χ2n) is 3.54. The molecule has 0 amide bonds. The van der Waals surface area contributed by atoms with Crippen LogP contribution in [0.4, 0.5) is 10.2 Å². The monoisotopic (exact) mass is 247 g/mol. The highest BCUT2D eigenvalue weighted by molar-refractivity contribution is 5.90. The number of carboxylic acid groups (broad SMARTS) is 1. The number of nitrogens with zero attached hydrogens (tertiary/aromatic N) is 2. The Labute approximate surface area is 102 Å². The second kappa shape index (κ2) is 5.22. The first-order valence-corrected chi connectivity index (χ1v) is 5.19. The number of carboxylic acids is 1. The zero-order chi connectivity index (χ0) is 13.0. The molecule has 2 aromatic rings. The van der Waals surface area contributed by atoms with E-state index in [4.69, 9.17) is 5.11 Å². The van der Waals surface area contributed by atoms with Gasteiger partial charge in [0.05, 0.1) is 0 Å². The van der Waals surface area contributed by atoms with Gasteiger partial charge in [0.1, 0.15) is 5.82 Å². The molecule has 0 fully saturated rings. The van der Waals surface area contributed by atoms with Crippen LogP contribution in [0.2, 0.25) is 0 Å². The summed E-state index contributed by atoms with van der Waals surface area (Å²) >= 11 is 0. The molecule has 18 heavy (non-hydrogen) atoms. The Hall–Kier alpha value is -2.50. The quantitative estimate of drug-likeness (QED) is 0.863. The van der Waals surface area contributed by atoms with Crippen molar-refractivity contribution in [3.05, 3.63) is 53.7 Å². The molecule has 0 atom stereocenters. The van der Waals surface area contributed by atoms with Gasteiger partial charge in [0.2, 0.25) is 0 Å². The Balaban J connectivity index is 2.10. The van der Waals surface area contributed by atoms with Crippen molar-refractivity contribution in [2.75, 3.05) is 5.32 Å². The molecule has 2 rings (SSSR count). The van der Waals surface area contributed by atoms with Gasteiger partial charge in [-0.25, -0.2) is 19.2 Å². The van der Waals surface area contributed by atoms with E-state index in [1.165, 1.54) is 24.5 Å². The standard InChI is InChI=1S/C12H10FN3O2/c13-9-3-1-8(2-4-9)7-16-11-10(12(17)18)14-5-6-15-11/h1-6H,7H2,(H,15,16)(H,17,18). The Kier molecular flexibility index (Phi) is 3.47. The minimum Gasteiger partial charge on any atom is -0.476 e. The Morgan fingerprint density at radius 2 is 1.89 bits per heavy atom. The topological polar surface area (TPSA) is 75.1 Å². The van der Waals surface area contributed by atoms with E-state index in [2.05, 4.69) is 15.3 Å². The number of carbonyl (C=O) groups is 1. The SMILES string of the molecule is O=C(O)c1nccnc1NCc1ccc(F)cc1. The molecule has 0 aliphatic carbocycles. The molecule has 1 aromatic heterocycles. The van der Waals surface area contributed by atoms with Gasteiger partial charge in [-0.15, -0.1) is 0 Å². The summed E-state index contributed by atoms with van der Waals surface area (Å²) in [6.07, 6.45) is 2.71. The van der Waals surface area contributed by atoms with Gasteiger partial charge in [-0.05, 0) is 17.7 Å². The van der Waals surface area contributed by atoms with Crippen LogP contribution in [0.15, 0.2) is 36.7 Å². The highest BCUT2D eigenvalue weighted by Gasteiger charge is 2.11. The van der Waals surface area contributed by atoms with Crippen LogP contribution in [-0.4, -0.2) is 21.0 Å². The fourth-order valence-corrected chi connectivity index (χ4v) is 1.41. The Morgan fingerprint density at radius 1 is 1.22 bits per heavy atom. The second-order valence-corrected chi connectivity index (χ2v) is 3.54. The molecule has 92 valence electrons. The summed E-state index contributed by atoms with van der Waals surface area (Å²) in [5.41, 5.74) is 0.679. The van der Waals surface area contributed by atoms with Crippen LogP contribution in [0, 0.1) is 5.82 Å². The number of aromatic nitrogens is 2. The maximum atomic E-state index is 12.7. The number of benzene rings is 1. The molecule has 0 spiro atoms. The fourth-order valence-electron chi connectivity index (χ4n) is 1.41. The van der Waals surface area contributed by atoms with Crippen LogP contribution in [-0.2, 0) is 6.54 Å². The number of anilines is 1. The molecule has 0 saturated carbocycles. The van der Waals surface area contributed by atoms with E-state index in [9.17, 15) is 9.18 Å². The van der Waals surface area contributed by atoms with E-state index in [-0.39, 0.29) is 17.3 Å². The van der Waals surface area contributed by atoms with Crippen molar-refractivity contribution in [2.24, 2.45) is 0 Å². The maximum absolute atomic E-state index is 12.7. The lowest BCUT2D eigenvalue weighted by atomic mass is 10.2. The molecule has 0 bridgehead atoms. The van der Waals surface area contributed by atoms with Crippen molar-refractivity contribution in [2.45, 2.75) is 6.54 Å². The Morgan fingerprint density at radius 3 is 2.56 bits per heavy atom. The summed E-state index contributed by atoms with van der Waals surface area (Å²) in [7, 11) is 0. The van der Waals surface area contributed by atoms with Crippen molar-refractivity contribution in [3.8, 4) is 0 Å². The van der Waals surface area contributed by atoms with Gasteiger partial charge in [-0.1, -0.05) is 12.1 Å². The van der Waals surface area contributed by atoms with Gasteiger partial charge in [-0.2, -0.15) is 0 Å². The number of nitrogens with one attached hydrogen (secondary N) is 1. The van der Waals surface area contributed by atoms with Gasteiger partial charge >= 0.3 is 5.97 Å². The summed E-state index contributed by atoms with van der Waals surface area (Å²) in [6.45, 7) is 0.346. The summed E-state index contributed by atoms with van der Waals surface area (Å²) in [5, 5.41) is 11.8. The van der Waals surface area contributed by atoms with E-state index in [1.54, 1.807) is 12.1 Å². The molecule has 1 heterocycles. The first kappa shape index (κ1) is 12.0. The van der Waals surface area contributed by atoms with E-state index >= 15 is 0 Å². The van der Waals surface area contributed by atoms with Crippen molar-refractivity contribution in [3.63, 3.8) is 0 Å². The van der Waals surface area contributed by atoms with Crippen LogP contribution in [0.3, 0.4) is 0 Å². The predicted molar refractivity (Wildman–Crippen MR) is 62.7 cm³/mol. The molecule has 0 aliphatic rings. The number of hydrogen-bond acceptors (Lipinski definition) is 4. The lowest BCUT2D eigenvalue weighted by Gasteiger charge is -2.07. The fraction of sp³-hybridized carbons (Fsp3) is 0.0833. The molecule has 0 unspecified atom stereocenters. The minimum atomic E-state index is -1.15. The van der Waals surface area contributed by atoms with Gasteiger partial charge < -0.3 is 10.4 Å². The lowest BCUT2D eigenvalue weighted by Crippen LogP contribution is -2.10. The molecule has 0 aliphatic heterocycles. The van der Waals surface area contributed by atoms with E-state index < -0.39 is 5.97 Å². The van der Waals surface area contributed by atoms with Crippen molar-refractivity contribution in [1.82, 2.24) is 9.97 Å². The zero-order valence-electron chi connectivity index (χ0n) is 9.30. The maximum Gasteiger partial charge on any atom is 0.358 e. The lowest BCUT2D eigenvalue weighted by molar-refractivity contribution is 0.0691. The highest BCUT2D eigenvalue weighted by Crippen LogP contribution is 2.10. The smallest absolute Gasteiger partial charge is 0.358 e. The highest BCUT2D eigenvalue weighted by atomic mass is 19.1. The molecular formula is C12H10FN3O2. The minimum absolute atomic E-state index is 0.139. The average molecular weight is 247 g/mol.